The minimum Gasteiger partial charge on any atom is -0.392 e. The van der Waals surface area contributed by atoms with E-state index in [4.69, 9.17) is 4.52 Å². The highest BCUT2D eigenvalue weighted by Gasteiger charge is 2.29. The molecule has 2 aromatic carbocycles. The second-order valence-electron chi connectivity index (χ2n) is 9.39. The molecule has 5 rings (SSSR count). The first-order valence-corrected chi connectivity index (χ1v) is 11.8. The lowest BCUT2D eigenvalue weighted by molar-refractivity contribution is -0.131. The number of carbonyl (C=O) groups is 2. The van der Waals surface area contributed by atoms with Gasteiger partial charge in [0.25, 0.3) is 5.89 Å². The number of nitrogens with one attached hydrogen (secondary N) is 1. The number of nitrogens with zero attached hydrogens (tertiary/aromatic N) is 4. The van der Waals surface area contributed by atoms with Crippen LogP contribution < -0.4 is 5.32 Å². The van der Waals surface area contributed by atoms with Gasteiger partial charge < -0.3 is 19.8 Å². The van der Waals surface area contributed by atoms with Crippen LogP contribution in [0, 0.1) is 6.92 Å². The quantitative estimate of drug-likeness (QED) is 0.539. The summed E-state index contributed by atoms with van der Waals surface area (Å²) in [7, 11) is 1.82. The van der Waals surface area contributed by atoms with Crippen molar-refractivity contribution in [3.63, 3.8) is 0 Å². The maximum atomic E-state index is 13.4. The molecular formula is C26H29N5O4. The average Bonchev–Trinajstić information content (AvgIpc) is 3.56. The number of β-amino-alcohol motifs (C(OH)–C–C–N with tert-alkyl or cyclic N) is 1. The number of aryl methyl sites for hydroxylation is 1. The first-order valence-electron chi connectivity index (χ1n) is 11.8. The Balaban J connectivity index is 1.39. The summed E-state index contributed by atoms with van der Waals surface area (Å²) in [6.45, 7) is 3.75. The SMILES string of the molecule is Cc1noc(-c2cccc([C@@H](CN3CCC(O)C3)N(C)C(=O)Cc3ccc4c(c3)NC(=O)C4)c2)n1. The van der Waals surface area contributed by atoms with Gasteiger partial charge in [-0.2, -0.15) is 4.98 Å². The molecule has 2 N–H and O–H groups in total. The Labute approximate surface area is 203 Å². The van der Waals surface area contributed by atoms with E-state index in [0.29, 0.717) is 31.2 Å². The molecule has 2 aliphatic heterocycles. The number of fused-ring (bicyclic) bond motifs is 1. The van der Waals surface area contributed by atoms with E-state index in [9.17, 15) is 14.7 Å². The van der Waals surface area contributed by atoms with Gasteiger partial charge in [0.05, 0.1) is 25.0 Å². The van der Waals surface area contributed by atoms with Crippen LogP contribution in [0.1, 0.15) is 35.0 Å². The monoisotopic (exact) mass is 475 g/mol. The Morgan fingerprint density at radius 2 is 2.17 bits per heavy atom. The predicted molar refractivity (Wildman–Crippen MR) is 130 cm³/mol. The summed E-state index contributed by atoms with van der Waals surface area (Å²) in [6, 6.07) is 13.3. The van der Waals surface area contributed by atoms with Gasteiger partial charge in [0.1, 0.15) is 0 Å². The minimum absolute atomic E-state index is 0.0234. The molecule has 9 heteroatoms. The molecule has 1 unspecified atom stereocenters. The molecule has 35 heavy (non-hydrogen) atoms. The van der Waals surface area contributed by atoms with Crippen LogP contribution in [-0.2, 0) is 22.4 Å². The van der Waals surface area contributed by atoms with Gasteiger partial charge in [-0.15, -0.1) is 0 Å². The molecule has 0 spiro atoms. The van der Waals surface area contributed by atoms with E-state index in [1.807, 2.05) is 49.5 Å². The number of likely N-dealkylation sites (N-methyl/N-ethyl adjacent to an activating group) is 1. The van der Waals surface area contributed by atoms with Crippen molar-refractivity contribution < 1.29 is 19.2 Å². The summed E-state index contributed by atoms with van der Waals surface area (Å²) in [5.41, 5.74) is 4.35. The van der Waals surface area contributed by atoms with Crippen LogP contribution in [0.15, 0.2) is 47.0 Å². The molecule has 3 aromatic rings. The summed E-state index contributed by atoms with van der Waals surface area (Å²) >= 11 is 0. The fraction of sp³-hybridized carbons (Fsp3) is 0.385. The largest absolute Gasteiger partial charge is 0.392 e. The lowest BCUT2D eigenvalue weighted by Gasteiger charge is -2.32. The molecule has 0 aliphatic carbocycles. The smallest absolute Gasteiger partial charge is 0.257 e. The van der Waals surface area contributed by atoms with E-state index < -0.39 is 0 Å². The number of benzene rings is 2. The molecule has 2 aliphatic rings. The second kappa shape index (κ2) is 9.59. The van der Waals surface area contributed by atoms with E-state index in [1.54, 1.807) is 11.8 Å². The van der Waals surface area contributed by atoms with Gasteiger partial charge in [-0.3, -0.25) is 14.5 Å². The van der Waals surface area contributed by atoms with Crippen LogP contribution in [0.4, 0.5) is 5.69 Å². The van der Waals surface area contributed by atoms with Crippen molar-refractivity contribution >= 4 is 17.5 Å². The number of aliphatic hydroxyl groups is 1. The number of hydrogen-bond donors (Lipinski definition) is 2. The molecule has 0 saturated carbocycles. The number of likely N-dealkylation sites (tertiary alicyclic amines) is 1. The third-order valence-corrected chi connectivity index (χ3v) is 6.74. The van der Waals surface area contributed by atoms with Crippen LogP contribution in [-0.4, -0.2) is 69.6 Å². The minimum atomic E-state index is -0.342. The lowest BCUT2D eigenvalue weighted by atomic mass is 10.0. The van der Waals surface area contributed by atoms with E-state index in [1.165, 1.54) is 0 Å². The maximum Gasteiger partial charge on any atom is 0.257 e. The summed E-state index contributed by atoms with van der Waals surface area (Å²) in [5.74, 6) is 0.947. The van der Waals surface area contributed by atoms with Gasteiger partial charge in [0, 0.05) is 37.9 Å². The van der Waals surface area contributed by atoms with Crippen molar-refractivity contribution in [2.75, 3.05) is 32.0 Å². The van der Waals surface area contributed by atoms with Crippen LogP contribution >= 0.6 is 0 Å². The van der Waals surface area contributed by atoms with Crippen molar-refractivity contribution in [3.05, 3.63) is 65.0 Å². The number of amides is 2. The number of aromatic nitrogens is 2. The first kappa shape index (κ1) is 23.2. The zero-order chi connectivity index (χ0) is 24.5. The van der Waals surface area contributed by atoms with Crippen LogP contribution in [0.5, 0.6) is 0 Å². The van der Waals surface area contributed by atoms with Gasteiger partial charge in [-0.1, -0.05) is 29.4 Å². The molecule has 182 valence electrons. The van der Waals surface area contributed by atoms with Crippen molar-refractivity contribution in [2.24, 2.45) is 0 Å². The Kier molecular flexibility index (Phi) is 6.36. The van der Waals surface area contributed by atoms with Crippen molar-refractivity contribution in [1.82, 2.24) is 19.9 Å². The maximum absolute atomic E-state index is 13.4. The van der Waals surface area contributed by atoms with E-state index in [0.717, 1.165) is 40.9 Å². The van der Waals surface area contributed by atoms with Gasteiger partial charge in [0.2, 0.25) is 11.8 Å². The molecule has 0 bridgehead atoms. The van der Waals surface area contributed by atoms with Gasteiger partial charge in [0.15, 0.2) is 5.82 Å². The van der Waals surface area contributed by atoms with Crippen LogP contribution in [0.25, 0.3) is 11.5 Å². The van der Waals surface area contributed by atoms with Gasteiger partial charge in [-0.05, 0) is 48.2 Å². The van der Waals surface area contributed by atoms with E-state index >= 15 is 0 Å². The van der Waals surface area contributed by atoms with Crippen LogP contribution in [0.3, 0.4) is 0 Å². The van der Waals surface area contributed by atoms with E-state index in [2.05, 4.69) is 20.4 Å². The van der Waals surface area contributed by atoms with Gasteiger partial charge in [-0.25, -0.2) is 0 Å². The molecule has 1 aromatic heterocycles. The molecule has 1 saturated heterocycles. The third-order valence-electron chi connectivity index (χ3n) is 6.74. The van der Waals surface area contributed by atoms with Crippen molar-refractivity contribution in [3.8, 4) is 11.5 Å². The lowest BCUT2D eigenvalue weighted by Crippen LogP contribution is -2.39. The second-order valence-corrected chi connectivity index (χ2v) is 9.39. The molecule has 2 amide bonds. The topological polar surface area (TPSA) is 112 Å². The summed E-state index contributed by atoms with van der Waals surface area (Å²) in [4.78, 5) is 33.4. The number of hydrogen-bond acceptors (Lipinski definition) is 7. The normalized spacial score (nSPS) is 18.4. The first-order chi connectivity index (χ1) is 16.9. The molecule has 9 nitrogen and oxygen atoms in total. The molecule has 0 radical (unpaired) electrons. The fourth-order valence-corrected chi connectivity index (χ4v) is 4.81. The summed E-state index contributed by atoms with van der Waals surface area (Å²) in [5, 5.41) is 16.8. The Bertz CT molecular complexity index is 1260. The molecule has 2 atom stereocenters. The van der Waals surface area contributed by atoms with Crippen molar-refractivity contribution in [2.45, 2.75) is 38.3 Å². The average molecular weight is 476 g/mol. The number of carbonyl (C=O) groups excluding carboxylic acids is 2. The molecular weight excluding hydrogens is 446 g/mol. The highest BCUT2D eigenvalue weighted by molar-refractivity contribution is 5.99. The van der Waals surface area contributed by atoms with Crippen molar-refractivity contribution in [1.29, 1.82) is 0 Å². The standard InChI is InChI=1S/C26H29N5O4/c1-16-27-26(35-29-16)20-5-3-4-19(12-20)23(15-31-9-8-21(32)14-31)30(2)25(34)11-17-6-7-18-13-24(33)28-22(18)10-17/h3-7,10,12,21,23,32H,8-9,11,13-15H2,1-2H3,(H,28,33)/t21?,23-/m1/s1. The molecule has 1 fully saturated rings. The third kappa shape index (κ3) is 5.11. The summed E-state index contributed by atoms with van der Waals surface area (Å²) < 4.78 is 5.35. The van der Waals surface area contributed by atoms with Crippen LogP contribution in [0.2, 0.25) is 0 Å². The zero-order valence-electron chi connectivity index (χ0n) is 19.9. The number of aliphatic hydroxyl groups excluding tert-OH is 1. The highest BCUT2D eigenvalue weighted by atomic mass is 16.5. The summed E-state index contributed by atoms with van der Waals surface area (Å²) in [6.07, 6.45) is 0.989. The fourth-order valence-electron chi connectivity index (χ4n) is 4.81. The van der Waals surface area contributed by atoms with E-state index in [-0.39, 0.29) is 30.4 Å². The zero-order valence-corrected chi connectivity index (χ0v) is 19.9. The predicted octanol–water partition coefficient (Wildman–Crippen LogP) is 2.35. The number of anilines is 1. The highest BCUT2D eigenvalue weighted by Crippen LogP contribution is 2.29. The Hall–Kier alpha value is -3.56. The molecule has 3 heterocycles. The van der Waals surface area contributed by atoms with Gasteiger partial charge >= 0.3 is 0 Å². The Morgan fingerprint density at radius 1 is 1.31 bits per heavy atom. The number of rotatable bonds is 7. The Morgan fingerprint density at radius 3 is 2.91 bits per heavy atom.